The second-order valence-electron chi connectivity index (χ2n) is 7.02. The van der Waals surface area contributed by atoms with Crippen LogP contribution in [0.2, 0.25) is 0 Å². The van der Waals surface area contributed by atoms with Gasteiger partial charge in [-0.1, -0.05) is 66.7 Å². The third-order valence-corrected chi connectivity index (χ3v) is 4.97. The van der Waals surface area contributed by atoms with Crippen LogP contribution in [0.1, 0.15) is 5.56 Å². The van der Waals surface area contributed by atoms with E-state index in [2.05, 4.69) is 27.8 Å². The molecule has 0 aliphatic carbocycles. The van der Waals surface area contributed by atoms with E-state index in [9.17, 15) is 0 Å². The molecular weight excluding hydrogens is 374 g/mol. The summed E-state index contributed by atoms with van der Waals surface area (Å²) >= 11 is 0. The molecule has 0 N–H and O–H groups in total. The number of pyridine rings is 1. The van der Waals surface area contributed by atoms with Gasteiger partial charge in [0.25, 0.3) is 0 Å². The molecule has 0 spiro atoms. The van der Waals surface area contributed by atoms with Gasteiger partial charge in [0.05, 0.1) is 30.6 Å². The van der Waals surface area contributed by atoms with E-state index in [1.165, 1.54) is 5.56 Å². The molecule has 5 aromatic rings. The van der Waals surface area contributed by atoms with Crippen molar-refractivity contribution in [1.29, 1.82) is 0 Å². The maximum absolute atomic E-state index is 6.08. The highest BCUT2D eigenvalue weighted by molar-refractivity contribution is 6.04. The molecule has 5 heteroatoms. The molecule has 30 heavy (non-hydrogen) atoms. The maximum atomic E-state index is 6.08. The molecule has 0 radical (unpaired) electrons. The Morgan fingerprint density at radius 2 is 1.53 bits per heavy atom. The molecule has 5 rings (SSSR count). The first-order chi connectivity index (χ1) is 14.9. The predicted octanol–water partition coefficient (Wildman–Crippen LogP) is 5.59. The quantitative estimate of drug-likeness (QED) is 0.337. The molecule has 0 bridgehead atoms. The van der Waals surface area contributed by atoms with Crippen molar-refractivity contribution in [2.45, 2.75) is 13.2 Å². The predicted molar refractivity (Wildman–Crippen MR) is 118 cm³/mol. The summed E-state index contributed by atoms with van der Waals surface area (Å²) in [7, 11) is 0. The third-order valence-electron chi connectivity index (χ3n) is 4.97. The molecular formula is C25H21N3O2. The van der Waals surface area contributed by atoms with Gasteiger partial charge >= 0.3 is 0 Å². The van der Waals surface area contributed by atoms with Gasteiger partial charge in [-0.25, -0.2) is 9.97 Å². The number of benzene rings is 3. The molecule has 0 amide bonds. The highest BCUT2D eigenvalue weighted by Crippen LogP contribution is 2.32. The van der Waals surface area contributed by atoms with Crippen LogP contribution in [0.4, 0.5) is 0 Å². The Morgan fingerprint density at radius 3 is 2.37 bits per heavy atom. The largest absolute Gasteiger partial charge is 0.437 e. The number of para-hydroxylation sites is 2. The Balaban J connectivity index is 1.44. The number of nitrogens with zero attached hydrogens (tertiary/aromatic N) is 3. The number of rotatable bonds is 7. The van der Waals surface area contributed by atoms with E-state index in [1.54, 1.807) is 0 Å². The van der Waals surface area contributed by atoms with Crippen LogP contribution in [0, 0.1) is 0 Å². The van der Waals surface area contributed by atoms with E-state index in [-0.39, 0.29) is 0 Å². The van der Waals surface area contributed by atoms with Gasteiger partial charge in [-0.2, -0.15) is 0 Å². The van der Waals surface area contributed by atoms with E-state index >= 15 is 0 Å². The Labute approximate surface area is 174 Å². The fraction of sp³-hybridized carbons (Fsp3) is 0.120. The number of hydrogen-bond acceptors (Lipinski definition) is 4. The SMILES string of the molecule is c1ccc(COCCn2cnc3c(Oc4ccccc4)nc4ccccc4c32)cc1. The van der Waals surface area contributed by atoms with Crippen molar-refractivity contribution in [3.05, 3.63) is 96.8 Å². The van der Waals surface area contributed by atoms with Crippen LogP contribution in [-0.4, -0.2) is 21.1 Å². The Hall–Kier alpha value is -3.70. The van der Waals surface area contributed by atoms with Gasteiger partial charge in [-0.05, 0) is 23.8 Å². The van der Waals surface area contributed by atoms with E-state index in [0.29, 0.717) is 25.6 Å². The van der Waals surface area contributed by atoms with Gasteiger partial charge < -0.3 is 14.0 Å². The molecule has 0 aliphatic heterocycles. The zero-order chi connectivity index (χ0) is 20.2. The lowest BCUT2D eigenvalue weighted by molar-refractivity contribution is 0.114. The average Bonchev–Trinajstić information content (AvgIpc) is 3.23. The summed E-state index contributed by atoms with van der Waals surface area (Å²) in [5.74, 6) is 1.25. The van der Waals surface area contributed by atoms with Crippen molar-refractivity contribution in [3.8, 4) is 11.6 Å². The van der Waals surface area contributed by atoms with Crippen LogP contribution in [0.25, 0.3) is 21.9 Å². The summed E-state index contributed by atoms with van der Waals surface area (Å²) in [4.78, 5) is 9.34. The normalized spacial score (nSPS) is 11.2. The summed E-state index contributed by atoms with van der Waals surface area (Å²) in [6.45, 7) is 1.88. The van der Waals surface area contributed by atoms with Gasteiger partial charge in [0.2, 0.25) is 5.88 Å². The average molecular weight is 395 g/mol. The van der Waals surface area contributed by atoms with Gasteiger partial charge in [0.1, 0.15) is 5.75 Å². The standard InChI is InChI=1S/C25H21N3O2/c1-3-9-19(10-4-1)17-29-16-15-28-18-26-23-24(28)21-13-7-8-14-22(21)27-25(23)30-20-11-5-2-6-12-20/h1-14,18H,15-17H2. The maximum Gasteiger partial charge on any atom is 0.248 e. The number of aromatic nitrogens is 3. The monoisotopic (exact) mass is 395 g/mol. The van der Waals surface area contributed by atoms with Crippen molar-refractivity contribution in [2.24, 2.45) is 0 Å². The zero-order valence-corrected chi connectivity index (χ0v) is 16.4. The zero-order valence-electron chi connectivity index (χ0n) is 16.4. The summed E-state index contributed by atoms with van der Waals surface area (Å²) in [6.07, 6.45) is 1.84. The van der Waals surface area contributed by atoms with Crippen LogP contribution in [0.5, 0.6) is 11.6 Å². The molecule has 0 fully saturated rings. The van der Waals surface area contributed by atoms with E-state index in [4.69, 9.17) is 14.5 Å². The first kappa shape index (κ1) is 18.3. The minimum atomic E-state index is 0.513. The number of imidazole rings is 1. The second kappa shape index (κ2) is 8.35. The van der Waals surface area contributed by atoms with E-state index < -0.39 is 0 Å². The topological polar surface area (TPSA) is 49.2 Å². The van der Waals surface area contributed by atoms with E-state index in [1.807, 2.05) is 73.1 Å². The smallest absolute Gasteiger partial charge is 0.248 e. The molecule has 0 saturated carbocycles. The third kappa shape index (κ3) is 3.75. The van der Waals surface area contributed by atoms with Crippen LogP contribution < -0.4 is 4.74 Å². The van der Waals surface area contributed by atoms with Crippen molar-refractivity contribution >= 4 is 21.9 Å². The molecule has 2 heterocycles. The number of hydrogen-bond donors (Lipinski definition) is 0. The van der Waals surface area contributed by atoms with E-state index in [0.717, 1.165) is 27.7 Å². The Morgan fingerprint density at radius 1 is 0.800 bits per heavy atom. The summed E-state index contributed by atoms with van der Waals surface area (Å²) < 4.78 is 14.1. The molecule has 0 unspecified atom stereocenters. The molecule has 2 aromatic heterocycles. The minimum Gasteiger partial charge on any atom is -0.437 e. The molecule has 0 atom stereocenters. The van der Waals surface area contributed by atoms with Crippen LogP contribution >= 0.6 is 0 Å². The van der Waals surface area contributed by atoms with Crippen molar-refractivity contribution in [3.63, 3.8) is 0 Å². The first-order valence-corrected chi connectivity index (χ1v) is 9.96. The minimum absolute atomic E-state index is 0.513. The molecule has 5 nitrogen and oxygen atoms in total. The Bertz CT molecular complexity index is 1270. The number of ether oxygens (including phenoxy) is 2. The van der Waals surface area contributed by atoms with Crippen LogP contribution in [0.3, 0.4) is 0 Å². The summed E-state index contributed by atoms with van der Waals surface area (Å²) in [5, 5.41) is 1.05. The Kier molecular flexibility index (Phi) is 5.10. The molecule has 0 aliphatic rings. The van der Waals surface area contributed by atoms with Crippen LogP contribution in [-0.2, 0) is 17.9 Å². The van der Waals surface area contributed by atoms with Crippen molar-refractivity contribution < 1.29 is 9.47 Å². The summed E-state index contributed by atoms with van der Waals surface area (Å²) in [5.41, 5.74) is 3.81. The van der Waals surface area contributed by atoms with Crippen molar-refractivity contribution in [2.75, 3.05) is 6.61 Å². The van der Waals surface area contributed by atoms with Gasteiger partial charge in [0.15, 0.2) is 5.52 Å². The molecule has 3 aromatic carbocycles. The van der Waals surface area contributed by atoms with Gasteiger partial charge in [0, 0.05) is 11.9 Å². The van der Waals surface area contributed by atoms with Gasteiger partial charge in [-0.15, -0.1) is 0 Å². The second-order valence-corrected chi connectivity index (χ2v) is 7.02. The highest BCUT2D eigenvalue weighted by Gasteiger charge is 2.15. The molecule has 0 saturated heterocycles. The summed E-state index contributed by atoms with van der Waals surface area (Å²) in [6, 6.07) is 27.9. The highest BCUT2D eigenvalue weighted by atomic mass is 16.5. The van der Waals surface area contributed by atoms with Gasteiger partial charge in [-0.3, -0.25) is 0 Å². The fourth-order valence-corrected chi connectivity index (χ4v) is 3.52. The van der Waals surface area contributed by atoms with Crippen molar-refractivity contribution in [1.82, 2.24) is 14.5 Å². The lowest BCUT2D eigenvalue weighted by Crippen LogP contribution is -2.05. The molecule has 148 valence electrons. The van der Waals surface area contributed by atoms with Crippen LogP contribution in [0.15, 0.2) is 91.3 Å². The lowest BCUT2D eigenvalue weighted by atomic mass is 10.2. The lowest BCUT2D eigenvalue weighted by Gasteiger charge is -2.10. The number of fused-ring (bicyclic) bond motifs is 3. The fourth-order valence-electron chi connectivity index (χ4n) is 3.52. The first-order valence-electron chi connectivity index (χ1n) is 9.96.